The Balaban J connectivity index is 1.74. The smallest absolute Gasteiger partial charge is 0.208 e. The second-order valence-corrected chi connectivity index (χ2v) is 6.51. The van der Waals surface area contributed by atoms with Gasteiger partial charge in [0.25, 0.3) is 0 Å². The Labute approximate surface area is 125 Å². The van der Waals surface area contributed by atoms with Crippen LogP contribution in [-0.2, 0) is 22.3 Å². The third kappa shape index (κ3) is 3.31. The number of nitrogens with two attached hydrogens (primary N) is 1. The first-order valence-corrected chi connectivity index (χ1v) is 8.14. The highest BCUT2D eigenvalue weighted by Gasteiger charge is 2.10. The summed E-state index contributed by atoms with van der Waals surface area (Å²) in [4.78, 5) is 4.33. The number of aryl methyl sites for hydroxylation is 1. The molecule has 0 aliphatic heterocycles. The maximum atomic E-state index is 12.2. The summed E-state index contributed by atoms with van der Waals surface area (Å²) < 4.78 is 17.8. The summed E-state index contributed by atoms with van der Waals surface area (Å²) in [5, 5.41) is 0. The molecule has 0 aliphatic carbocycles. The lowest BCUT2D eigenvalue weighted by Crippen LogP contribution is -2.00. The van der Waals surface area contributed by atoms with Gasteiger partial charge in [0.05, 0.1) is 0 Å². The fourth-order valence-corrected chi connectivity index (χ4v) is 3.28. The quantitative estimate of drug-likeness (QED) is 0.751. The van der Waals surface area contributed by atoms with E-state index >= 15 is 0 Å². The Hall–Kier alpha value is -2.14. The molecule has 108 valence electrons. The summed E-state index contributed by atoms with van der Waals surface area (Å²) in [6.45, 7) is 2.03. The zero-order valence-corrected chi connectivity index (χ0v) is 12.5. The number of nitrogen functional groups attached to an aromatic ring is 1. The van der Waals surface area contributed by atoms with Gasteiger partial charge < -0.3 is 10.2 Å². The lowest BCUT2D eigenvalue weighted by atomic mass is 10.2. The van der Waals surface area contributed by atoms with Crippen molar-refractivity contribution in [3.63, 3.8) is 0 Å². The van der Waals surface area contributed by atoms with Gasteiger partial charge in [-0.05, 0) is 30.7 Å². The predicted octanol–water partition coefficient (Wildman–Crippen LogP) is 3.17. The average Bonchev–Trinajstić information content (AvgIpc) is 2.79. The van der Waals surface area contributed by atoms with Crippen molar-refractivity contribution in [3.05, 3.63) is 59.5 Å². The molecule has 2 aromatic carbocycles. The number of anilines is 1. The molecule has 1 unspecified atom stereocenters. The Bertz CT molecular complexity index is 811. The molecule has 2 N–H and O–H groups in total. The molecule has 0 saturated heterocycles. The van der Waals surface area contributed by atoms with Crippen molar-refractivity contribution in [2.75, 3.05) is 5.73 Å². The fourth-order valence-electron chi connectivity index (χ4n) is 2.23. The monoisotopic (exact) mass is 300 g/mol. The third-order valence-corrected chi connectivity index (χ3v) is 4.37. The summed E-state index contributed by atoms with van der Waals surface area (Å²) in [5.74, 6) is 1.30. The van der Waals surface area contributed by atoms with Crippen LogP contribution in [-0.4, -0.2) is 9.19 Å². The normalized spacial score (nSPS) is 12.6. The van der Waals surface area contributed by atoms with E-state index in [-0.39, 0.29) is 0 Å². The maximum absolute atomic E-state index is 12.2. The van der Waals surface area contributed by atoms with Crippen molar-refractivity contribution < 1.29 is 8.63 Å². The molecule has 0 spiro atoms. The van der Waals surface area contributed by atoms with Crippen LogP contribution in [0.1, 0.15) is 17.0 Å². The van der Waals surface area contributed by atoms with E-state index in [9.17, 15) is 4.21 Å². The van der Waals surface area contributed by atoms with Crippen LogP contribution in [0.2, 0.25) is 0 Å². The average molecular weight is 300 g/mol. The standard InChI is InChI=1S/C16H16N2O2S/c1-11-3-2-4-12(7-11)9-21(19)10-16-18-14-8-13(17)5-6-15(14)20-16/h2-8H,9-10,17H2,1H3. The fraction of sp³-hybridized carbons (Fsp3) is 0.188. The second-order valence-electron chi connectivity index (χ2n) is 5.05. The minimum absolute atomic E-state index is 0.308. The largest absolute Gasteiger partial charge is 0.440 e. The highest BCUT2D eigenvalue weighted by atomic mass is 32.2. The first-order valence-electron chi connectivity index (χ1n) is 6.65. The van der Waals surface area contributed by atoms with Gasteiger partial charge in [0.15, 0.2) is 5.58 Å². The highest BCUT2D eigenvalue weighted by Crippen LogP contribution is 2.19. The number of benzene rings is 2. The number of aromatic nitrogens is 1. The Morgan fingerprint density at radius 1 is 1.19 bits per heavy atom. The zero-order chi connectivity index (χ0) is 14.8. The first kappa shape index (κ1) is 13.8. The molecule has 3 rings (SSSR count). The molecule has 0 fully saturated rings. The predicted molar refractivity (Wildman–Crippen MR) is 85.2 cm³/mol. The maximum Gasteiger partial charge on any atom is 0.208 e. The van der Waals surface area contributed by atoms with E-state index in [2.05, 4.69) is 4.98 Å². The number of fused-ring (bicyclic) bond motifs is 1. The minimum Gasteiger partial charge on any atom is -0.440 e. The third-order valence-electron chi connectivity index (χ3n) is 3.15. The van der Waals surface area contributed by atoms with Gasteiger partial charge in [0.1, 0.15) is 11.3 Å². The number of oxazole rings is 1. The van der Waals surface area contributed by atoms with E-state index in [4.69, 9.17) is 10.2 Å². The van der Waals surface area contributed by atoms with Gasteiger partial charge in [-0.3, -0.25) is 4.21 Å². The Kier molecular flexibility index (Phi) is 3.75. The molecular weight excluding hydrogens is 284 g/mol. The molecule has 0 amide bonds. The number of nitrogens with zero attached hydrogens (tertiary/aromatic N) is 1. The molecule has 0 bridgehead atoms. The summed E-state index contributed by atoms with van der Waals surface area (Å²) in [6, 6.07) is 13.3. The van der Waals surface area contributed by atoms with E-state index in [1.54, 1.807) is 18.2 Å². The molecule has 21 heavy (non-hydrogen) atoms. The molecular formula is C16H16N2O2S. The van der Waals surface area contributed by atoms with Crippen LogP contribution in [0.5, 0.6) is 0 Å². The van der Waals surface area contributed by atoms with Gasteiger partial charge in [-0.1, -0.05) is 29.8 Å². The van der Waals surface area contributed by atoms with Crippen molar-refractivity contribution >= 4 is 27.6 Å². The summed E-state index contributed by atoms with van der Waals surface area (Å²) in [6.07, 6.45) is 0. The molecule has 3 aromatic rings. The SMILES string of the molecule is Cc1cccc(CS(=O)Cc2nc3cc(N)ccc3o2)c1. The van der Waals surface area contributed by atoms with Gasteiger partial charge in [-0.15, -0.1) is 0 Å². The van der Waals surface area contributed by atoms with Crippen LogP contribution in [0.15, 0.2) is 46.9 Å². The molecule has 0 saturated carbocycles. The van der Waals surface area contributed by atoms with Crippen LogP contribution in [0.4, 0.5) is 5.69 Å². The van der Waals surface area contributed by atoms with Gasteiger partial charge >= 0.3 is 0 Å². The molecule has 1 aromatic heterocycles. The summed E-state index contributed by atoms with van der Waals surface area (Å²) >= 11 is 0. The molecule has 5 heteroatoms. The Morgan fingerprint density at radius 2 is 2.05 bits per heavy atom. The molecule has 1 heterocycles. The van der Waals surface area contributed by atoms with Gasteiger partial charge in [-0.25, -0.2) is 4.98 Å². The lowest BCUT2D eigenvalue weighted by molar-refractivity contribution is 0.552. The van der Waals surface area contributed by atoms with E-state index in [1.807, 2.05) is 31.2 Å². The highest BCUT2D eigenvalue weighted by molar-refractivity contribution is 7.83. The van der Waals surface area contributed by atoms with Crippen molar-refractivity contribution in [1.29, 1.82) is 0 Å². The van der Waals surface area contributed by atoms with Crippen LogP contribution >= 0.6 is 0 Å². The van der Waals surface area contributed by atoms with Crippen molar-refractivity contribution in [2.24, 2.45) is 0 Å². The van der Waals surface area contributed by atoms with E-state index in [1.165, 1.54) is 5.56 Å². The van der Waals surface area contributed by atoms with Gasteiger partial charge in [0, 0.05) is 22.2 Å². The molecule has 1 atom stereocenters. The molecule has 4 nitrogen and oxygen atoms in total. The van der Waals surface area contributed by atoms with Crippen LogP contribution < -0.4 is 5.73 Å². The van der Waals surface area contributed by atoms with Crippen LogP contribution in [0, 0.1) is 6.92 Å². The number of hydrogen-bond donors (Lipinski definition) is 1. The van der Waals surface area contributed by atoms with Crippen molar-refractivity contribution in [1.82, 2.24) is 4.98 Å². The van der Waals surface area contributed by atoms with E-state index in [0.29, 0.717) is 34.2 Å². The van der Waals surface area contributed by atoms with Crippen LogP contribution in [0.25, 0.3) is 11.1 Å². The minimum atomic E-state index is -1.05. The second kappa shape index (κ2) is 5.69. The number of hydrogen-bond acceptors (Lipinski definition) is 4. The molecule has 0 aliphatic rings. The van der Waals surface area contributed by atoms with E-state index in [0.717, 1.165) is 5.56 Å². The Morgan fingerprint density at radius 3 is 2.86 bits per heavy atom. The first-order chi connectivity index (χ1) is 10.1. The van der Waals surface area contributed by atoms with Crippen molar-refractivity contribution in [3.8, 4) is 0 Å². The molecule has 0 radical (unpaired) electrons. The van der Waals surface area contributed by atoms with E-state index < -0.39 is 10.8 Å². The summed E-state index contributed by atoms with van der Waals surface area (Å²) in [5.41, 5.74) is 9.96. The topological polar surface area (TPSA) is 69.1 Å². The van der Waals surface area contributed by atoms with Gasteiger partial charge in [0.2, 0.25) is 5.89 Å². The van der Waals surface area contributed by atoms with Gasteiger partial charge in [-0.2, -0.15) is 0 Å². The lowest BCUT2D eigenvalue weighted by Gasteiger charge is -2.01. The zero-order valence-electron chi connectivity index (χ0n) is 11.7. The summed E-state index contributed by atoms with van der Waals surface area (Å²) in [7, 11) is -1.05. The van der Waals surface area contributed by atoms with Crippen LogP contribution in [0.3, 0.4) is 0 Å². The van der Waals surface area contributed by atoms with Crippen molar-refractivity contribution in [2.45, 2.75) is 18.4 Å². The number of rotatable bonds is 4.